The first-order valence-corrected chi connectivity index (χ1v) is 7.02. The molecule has 0 radical (unpaired) electrons. The predicted molar refractivity (Wildman–Crippen MR) is 79.1 cm³/mol. The van der Waals surface area contributed by atoms with Gasteiger partial charge in [-0.25, -0.2) is 4.39 Å². The maximum absolute atomic E-state index is 13.6. The van der Waals surface area contributed by atoms with E-state index in [1.807, 2.05) is 36.4 Å². The second-order valence-electron chi connectivity index (χ2n) is 4.34. The number of fused-ring (bicyclic) bond motifs is 1. The van der Waals surface area contributed by atoms with Crippen LogP contribution in [0.1, 0.15) is 4.88 Å². The molecule has 0 spiro atoms. The van der Waals surface area contributed by atoms with Crippen LogP contribution in [0.5, 0.6) is 11.5 Å². The van der Waals surface area contributed by atoms with Gasteiger partial charge in [-0.15, -0.1) is 11.3 Å². The molecule has 0 unspecified atom stereocenters. The Morgan fingerprint density at radius 3 is 2.65 bits per heavy atom. The van der Waals surface area contributed by atoms with Gasteiger partial charge < -0.3 is 9.47 Å². The summed E-state index contributed by atoms with van der Waals surface area (Å²) >= 11 is 1.42. The van der Waals surface area contributed by atoms with Crippen LogP contribution in [0.2, 0.25) is 0 Å². The zero-order chi connectivity index (χ0) is 13.9. The maximum Gasteiger partial charge on any atom is 0.140 e. The Morgan fingerprint density at radius 2 is 1.85 bits per heavy atom. The van der Waals surface area contributed by atoms with Crippen molar-refractivity contribution in [2.24, 2.45) is 0 Å². The molecule has 102 valence electrons. The van der Waals surface area contributed by atoms with Crippen LogP contribution in [-0.4, -0.2) is 7.11 Å². The number of benzene rings is 2. The lowest BCUT2D eigenvalue weighted by molar-refractivity contribution is 0.307. The Bertz CT molecular complexity index is 736. The van der Waals surface area contributed by atoms with Gasteiger partial charge >= 0.3 is 0 Å². The van der Waals surface area contributed by atoms with Crippen molar-refractivity contribution >= 4 is 21.4 Å². The van der Waals surface area contributed by atoms with Gasteiger partial charge in [-0.1, -0.05) is 18.2 Å². The molecule has 0 atom stereocenters. The fourth-order valence-corrected chi connectivity index (χ4v) is 2.97. The molecule has 0 bridgehead atoms. The van der Waals surface area contributed by atoms with E-state index in [0.29, 0.717) is 11.3 Å². The highest BCUT2D eigenvalue weighted by atomic mass is 32.1. The summed E-state index contributed by atoms with van der Waals surface area (Å²) in [6, 6.07) is 14.5. The molecule has 4 heteroatoms. The van der Waals surface area contributed by atoms with Gasteiger partial charge in [-0.2, -0.15) is 0 Å². The molecule has 2 aromatic carbocycles. The zero-order valence-electron chi connectivity index (χ0n) is 10.9. The predicted octanol–water partition coefficient (Wildman–Crippen LogP) is 4.63. The van der Waals surface area contributed by atoms with Gasteiger partial charge in [0.05, 0.1) is 11.8 Å². The summed E-state index contributed by atoms with van der Waals surface area (Å²) in [6.45, 7) is 0.423. The summed E-state index contributed by atoms with van der Waals surface area (Å²) in [5.41, 5.74) is 0. The van der Waals surface area contributed by atoms with E-state index in [-0.39, 0.29) is 5.82 Å². The Balaban J connectivity index is 1.78. The average molecular weight is 288 g/mol. The minimum atomic E-state index is -0.180. The van der Waals surface area contributed by atoms with Gasteiger partial charge in [0.1, 0.15) is 23.9 Å². The van der Waals surface area contributed by atoms with E-state index >= 15 is 0 Å². The minimum Gasteiger partial charge on any atom is -0.497 e. The van der Waals surface area contributed by atoms with E-state index in [4.69, 9.17) is 9.47 Å². The fraction of sp³-hybridized carbons (Fsp3) is 0.125. The van der Waals surface area contributed by atoms with Crippen molar-refractivity contribution in [1.29, 1.82) is 0 Å². The Morgan fingerprint density at radius 1 is 1.05 bits per heavy atom. The Labute approximate surface area is 120 Å². The summed E-state index contributed by atoms with van der Waals surface area (Å²) in [6.07, 6.45) is 0. The molecule has 0 aliphatic heterocycles. The van der Waals surface area contributed by atoms with Crippen LogP contribution in [0.3, 0.4) is 0 Å². The Hall–Kier alpha value is -2.07. The maximum atomic E-state index is 13.6. The topological polar surface area (TPSA) is 18.5 Å². The average Bonchev–Trinajstić information content (AvgIpc) is 2.90. The SMILES string of the molecule is COc1cccc(OCc2cc3cccc(F)c3s2)c1. The van der Waals surface area contributed by atoms with Gasteiger partial charge in [0, 0.05) is 10.9 Å². The van der Waals surface area contributed by atoms with Crippen LogP contribution < -0.4 is 9.47 Å². The van der Waals surface area contributed by atoms with E-state index < -0.39 is 0 Å². The third-order valence-corrected chi connectivity index (χ3v) is 4.10. The number of rotatable bonds is 4. The fourth-order valence-electron chi connectivity index (χ4n) is 2.00. The van der Waals surface area contributed by atoms with Gasteiger partial charge in [0.2, 0.25) is 0 Å². The smallest absolute Gasteiger partial charge is 0.140 e. The molecule has 0 fully saturated rings. The molecule has 3 rings (SSSR count). The summed E-state index contributed by atoms with van der Waals surface area (Å²) < 4.78 is 25.1. The van der Waals surface area contributed by atoms with Crippen LogP contribution in [-0.2, 0) is 6.61 Å². The van der Waals surface area contributed by atoms with Gasteiger partial charge in [0.15, 0.2) is 0 Å². The van der Waals surface area contributed by atoms with Gasteiger partial charge in [0.25, 0.3) is 0 Å². The molecule has 0 aliphatic carbocycles. The molecule has 0 N–H and O–H groups in total. The van der Waals surface area contributed by atoms with Gasteiger partial charge in [-0.3, -0.25) is 0 Å². The van der Waals surface area contributed by atoms with E-state index in [1.165, 1.54) is 17.4 Å². The molecule has 0 saturated heterocycles. The number of hydrogen-bond acceptors (Lipinski definition) is 3. The normalized spacial score (nSPS) is 10.7. The third kappa shape index (κ3) is 2.60. The first-order chi connectivity index (χ1) is 9.76. The van der Waals surface area contributed by atoms with E-state index in [9.17, 15) is 4.39 Å². The summed E-state index contributed by atoms with van der Waals surface area (Å²) in [4.78, 5) is 0.993. The lowest BCUT2D eigenvalue weighted by Gasteiger charge is -2.06. The first-order valence-electron chi connectivity index (χ1n) is 6.20. The van der Waals surface area contributed by atoms with Gasteiger partial charge in [-0.05, 0) is 29.7 Å². The minimum absolute atomic E-state index is 0.180. The monoisotopic (exact) mass is 288 g/mol. The molecule has 3 aromatic rings. The number of thiophene rings is 1. The van der Waals surface area contributed by atoms with Crippen LogP contribution in [0.15, 0.2) is 48.5 Å². The summed E-state index contributed by atoms with van der Waals surface area (Å²) in [7, 11) is 1.62. The lowest BCUT2D eigenvalue weighted by Crippen LogP contribution is -1.93. The molecule has 1 aromatic heterocycles. The molecule has 1 heterocycles. The third-order valence-electron chi connectivity index (χ3n) is 2.97. The first kappa shape index (κ1) is 12.9. The number of hydrogen-bond donors (Lipinski definition) is 0. The second kappa shape index (κ2) is 5.51. The standard InChI is InChI=1S/C16H13FO2S/c1-18-12-5-3-6-13(9-12)19-10-14-8-11-4-2-7-15(17)16(11)20-14/h2-9H,10H2,1H3. The molecule has 2 nitrogen and oxygen atoms in total. The molecular weight excluding hydrogens is 275 g/mol. The number of halogens is 1. The van der Waals surface area contributed by atoms with Crippen molar-refractivity contribution in [3.8, 4) is 11.5 Å². The van der Waals surface area contributed by atoms with E-state index in [2.05, 4.69) is 0 Å². The van der Waals surface area contributed by atoms with Crippen LogP contribution in [0.4, 0.5) is 4.39 Å². The van der Waals surface area contributed by atoms with Crippen LogP contribution in [0.25, 0.3) is 10.1 Å². The van der Waals surface area contributed by atoms with Crippen molar-refractivity contribution in [2.75, 3.05) is 7.11 Å². The second-order valence-corrected chi connectivity index (χ2v) is 5.48. The molecule has 20 heavy (non-hydrogen) atoms. The summed E-state index contributed by atoms with van der Waals surface area (Å²) in [5, 5.41) is 0.916. The Kier molecular flexibility index (Phi) is 3.56. The highest BCUT2D eigenvalue weighted by Crippen LogP contribution is 2.29. The highest BCUT2D eigenvalue weighted by molar-refractivity contribution is 7.19. The zero-order valence-corrected chi connectivity index (χ0v) is 11.7. The van der Waals surface area contributed by atoms with Crippen molar-refractivity contribution in [3.63, 3.8) is 0 Å². The van der Waals surface area contributed by atoms with E-state index in [1.54, 1.807) is 13.2 Å². The van der Waals surface area contributed by atoms with Crippen LogP contribution >= 0.6 is 11.3 Å². The summed E-state index contributed by atoms with van der Waals surface area (Å²) in [5.74, 6) is 1.31. The van der Waals surface area contributed by atoms with Crippen molar-refractivity contribution in [1.82, 2.24) is 0 Å². The lowest BCUT2D eigenvalue weighted by atomic mass is 10.2. The molecular formula is C16H13FO2S. The quantitative estimate of drug-likeness (QED) is 0.697. The molecule has 0 aliphatic rings. The van der Waals surface area contributed by atoms with E-state index in [0.717, 1.165) is 21.8 Å². The largest absolute Gasteiger partial charge is 0.497 e. The number of methoxy groups -OCH3 is 1. The van der Waals surface area contributed by atoms with Crippen molar-refractivity contribution < 1.29 is 13.9 Å². The number of ether oxygens (including phenoxy) is 2. The molecule has 0 saturated carbocycles. The molecule has 0 amide bonds. The highest BCUT2D eigenvalue weighted by Gasteiger charge is 2.06. The van der Waals surface area contributed by atoms with Crippen molar-refractivity contribution in [3.05, 3.63) is 59.2 Å². The van der Waals surface area contributed by atoms with Crippen molar-refractivity contribution in [2.45, 2.75) is 6.61 Å². The van der Waals surface area contributed by atoms with Crippen LogP contribution in [0, 0.1) is 5.82 Å².